The highest BCUT2D eigenvalue weighted by molar-refractivity contribution is 5.91. The molecule has 3 rings (SSSR count). The predicted molar refractivity (Wildman–Crippen MR) is 78.0 cm³/mol. The van der Waals surface area contributed by atoms with Gasteiger partial charge in [0.05, 0.1) is 6.54 Å². The Balaban J connectivity index is 0.00000147. The smallest absolute Gasteiger partial charge is 0.239 e. The topological polar surface area (TPSA) is 70.4 Å². The second-order valence-corrected chi connectivity index (χ2v) is 5.57. The lowest BCUT2D eigenvalue weighted by Gasteiger charge is -2.33. The van der Waals surface area contributed by atoms with Crippen LogP contribution in [0.3, 0.4) is 0 Å². The first-order valence-electron chi connectivity index (χ1n) is 6.87. The summed E-state index contributed by atoms with van der Waals surface area (Å²) in [7, 11) is 0. The van der Waals surface area contributed by atoms with Crippen molar-refractivity contribution in [2.45, 2.75) is 13.3 Å². The molecule has 2 saturated heterocycles. The van der Waals surface area contributed by atoms with Crippen LogP contribution in [0.1, 0.15) is 12.2 Å². The molecular weight excluding hydrogens is 280 g/mol. The van der Waals surface area contributed by atoms with Crippen LogP contribution in [0.25, 0.3) is 0 Å². The van der Waals surface area contributed by atoms with Gasteiger partial charge in [-0.2, -0.15) is 0 Å². The van der Waals surface area contributed by atoms with Gasteiger partial charge in [-0.15, -0.1) is 12.4 Å². The standard InChI is InChI=1S/C13H20N4O2.ClH/c1-9-4-12(16-19-9)15-13(18)8-17-3-2-10-5-14-6-11(10)7-17;/h4,10-11,14H,2-3,5-8H2,1H3,(H,15,16,18);1H. The quantitative estimate of drug-likeness (QED) is 0.867. The first-order chi connectivity index (χ1) is 9.20. The fraction of sp³-hybridized carbons (Fsp3) is 0.692. The zero-order chi connectivity index (χ0) is 13.2. The summed E-state index contributed by atoms with van der Waals surface area (Å²) in [6, 6.07) is 1.73. The van der Waals surface area contributed by atoms with E-state index in [1.54, 1.807) is 13.0 Å². The monoisotopic (exact) mass is 300 g/mol. The fourth-order valence-corrected chi connectivity index (χ4v) is 3.06. The fourth-order valence-electron chi connectivity index (χ4n) is 3.06. The third-order valence-electron chi connectivity index (χ3n) is 4.05. The van der Waals surface area contributed by atoms with Gasteiger partial charge >= 0.3 is 0 Å². The highest BCUT2D eigenvalue weighted by atomic mass is 35.5. The molecule has 3 heterocycles. The Morgan fingerprint density at radius 2 is 2.35 bits per heavy atom. The van der Waals surface area contributed by atoms with E-state index in [4.69, 9.17) is 4.52 Å². The van der Waals surface area contributed by atoms with Gasteiger partial charge in [-0.3, -0.25) is 9.69 Å². The summed E-state index contributed by atoms with van der Waals surface area (Å²) in [5, 5.41) is 9.97. The van der Waals surface area contributed by atoms with E-state index < -0.39 is 0 Å². The number of anilines is 1. The molecule has 0 radical (unpaired) electrons. The molecule has 1 amide bonds. The Labute approximate surface area is 124 Å². The van der Waals surface area contributed by atoms with Crippen LogP contribution in [0.15, 0.2) is 10.6 Å². The largest absolute Gasteiger partial charge is 0.360 e. The Hall–Kier alpha value is -1.11. The zero-order valence-electron chi connectivity index (χ0n) is 11.6. The number of rotatable bonds is 3. The maximum absolute atomic E-state index is 11.9. The highest BCUT2D eigenvalue weighted by Crippen LogP contribution is 2.26. The van der Waals surface area contributed by atoms with Gasteiger partial charge < -0.3 is 15.2 Å². The molecule has 2 fully saturated rings. The van der Waals surface area contributed by atoms with Gasteiger partial charge in [0.2, 0.25) is 5.91 Å². The molecule has 0 aromatic carbocycles. The number of carbonyl (C=O) groups excluding carboxylic acids is 1. The average molecular weight is 301 g/mol. The summed E-state index contributed by atoms with van der Waals surface area (Å²) < 4.78 is 4.93. The summed E-state index contributed by atoms with van der Waals surface area (Å²) in [6.45, 7) is 6.50. The predicted octanol–water partition coefficient (Wildman–Crippen LogP) is 0.885. The van der Waals surface area contributed by atoms with Gasteiger partial charge in [0, 0.05) is 12.6 Å². The van der Waals surface area contributed by atoms with E-state index in [0.717, 1.165) is 32.1 Å². The van der Waals surface area contributed by atoms with E-state index in [1.807, 2.05) is 0 Å². The third-order valence-corrected chi connectivity index (χ3v) is 4.05. The number of aromatic nitrogens is 1. The molecule has 0 bridgehead atoms. The van der Waals surface area contributed by atoms with Crippen LogP contribution in [0.5, 0.6) is 0 Å². The van der Waals surface area contributed by atoms with Crippen molar-refractivity contribution in [2.24, 2.45) is 11.8 Å². The Morgan fingerprint density at radius 3 is 3.10 bits per heavy atom. The van der Waals surface area contributed by atoms with Crippen LogP contribution in [0.2, 0.25) is 0 Å². The number of carbonyl (C=O) groups is 1. The van der Waals surface area contributed by atoms with Crippen LogP contribution in [0.4, 0.5) is 5.82 Å². The molecule has 0 aliphatic carbocycles. The second kappa shape index (κ2) is 6.56. The molecule has 2 unspecified atom stereocenters. The number of hydrogen-bond acceptors (Lipinski definition) is 5. The molecular formula is C13H21ClN4O2. The number of fused-ring (bicyclic) bond motifs is 1. The summed E-state index contributed by atoms with van der Waals surface area (Å²) in [5.41, 5.74) is 0. The lowest BCUT2D eigenvalue weighted by molar-refractivity contribution is -0.117. The van der Waals surface area contributed by atoms with Crippen LogP contribution >= 0.6 is 12.4 Å². The summed E-state index contributed by atoms with van der Waals surface area (Å²) in [4.78, 5) is 14.2. The summed E-state index contributed by atoms with van der Waals surface area (Å²) in [5.74, 6) is 2.69. The maximum Gasteiger partial charge on any atom is 0.239 e. The van der Waals surface area contributed by atoms with Crippen molar-refractivity contribution in [3.63, 3.8) is 0 Å². The Kier molecular flexibility index (Phi) is 5.01. The molecule has 6 nitrogen and oxygen atoms in total. The number of piperidine rings is 1. The average Bonchev–Trinajstić information content (AvgIpc) is 2.97. The van der Waals surface area contributed by atoms with E-state index in [9.17, 15) is 4.79 Å². The molecule has 2 N–H and O–H groups in total. The molecule has 0 saturated carbocycles. The number of amides is 1. The van der Waals surface area contributed by atoms with E-state index in [-0.39, 0.29) is 18.3 Å². The molecule has 2 aliphatic heterocycles. The SMILES string of the molecule is Cc1cc(NC(=O)CN2CCC3CNCC3C2)no1.Cl. The van der Waals surface area contributed by atoms with Gasteiger partial charge in [0.1, 0.15) is 5.76 Å². The van der Waals surface area contributed by atoms with Crippen molar-refractivity contribution in [1.82, 2.24) is 15.4 Å². The molecule has 2 aliphatic rings. The zero-order valence-corrected chi connectivity index (χ0v) is 12.4. The molecule has 1 aromatic heterocycles. The number of halogens is 1. The maximum atomic E-state index is 11.9. The van der Waals surface area contributed by atoms with Crippen molar-refractivity contribution in [1.29, 1.82) is 0 Å². The van der Waals surface area contributed by atoms with Crippen LogP contribution < -0.4 is 10.6 Å². The number of aryl methyl sites for hydroxylation is 1. The van der Waals surface area contributed by atoms with Crippen LogP contribution in [0, 0.1) is 18.8 Å². The minimum Gasteiger partial charge on any atom is -0.360 e. The number of hydrogen-bond donors (Lipinski definition) is 2. The van der Waals surface area contributed by atoms with E-state index in [2.05, 4.69) is 20.7 Å². The van der Waals surface area contributed by atoms with E-state index in [1.165, 1.54) is 6.42 Å². The van der Waals surface area contributed by atoms with Crippen molar-refractivity contribution in [3.05, 3.63) is 11.8 Å². The van der Waals surface area contributed by atoms with Gasteiger partial charge in [-0.1, -0.05) is 5.16 Å². The van der Waals surface area contributed by atoms with Gasteiger partial charge in [-0.25, -0.2) is 0 Å². The Morgan fingerprint density at radius 1 is 1.55 bits per heavy atom. The van der Waals surface area contributed by atoms with E-state index >= 15 is 0 Å². The van der Waals surface area contributed by atoms with Crippen LogP contribution in [-0.4, -0.2) is 48.7 Å². The number of nitrogens with zero attached hydrogens (tertiary/aromatic N) is 2. The van der Waals surface area contributed by atoms with Crippen molar-refractivity contribution >= 4 is 24.1 Å². The molecule has 1 aromatic rings. The minimum atomic E-state index is -0.0160. The lowest BCUT2D eigenvalue weighted by atomic mass is 9.89. The minimum absolute atomic E-state index is 0. The molecule has 2 atom stereocenters. The number of likely N-dealkylation sites (tertiary alicyclic amines) is 1. The number of nitrogens with one attached hydrogen (secondary N) is 2. The van der Waals surface area contributed by atoms with Gasteiger partial charge in [-0.05, 0) is 44.8 Å². The van der Waals surface area contributed by atoms with E-state index in [0.29, 0.717) is 24.0 Å². The summed E-state index contributed by atoms with van der Waals surface area (Å²) in [6.07, 6.45) is 1.19. The first-order valence-corrected chi connectivity index (χ1v) is 6.87. The molecule has 0 spiro atoms. The van der Waals surface area contributed by atoms with Gasteiger partial charge in [0.25, 0.3) is 0 Å². The third kappa shape index (κ3) is 3.50. The lowest BCUT2D eigenvalue weighted by Crippen LogP contribution is -2.43. The highest BCUT2D eigenvalue weighted by Gasteiger charge is 2.33. The van der Waals surface area contributed by atoms with Crippen molar-refractivity contribution in [3.8, 4) is 0 Å². The van der Waals surface area contributed by atoms with Gasteiger partial charge in [0.15, 0.2) is 5.82 Å². The van der Waals surface area contributed by atoms with Crippen molar-refractivity contribution < 1.29 is 9.32 Å². The summed E-state index contributed by atoms with van der Waals surface area (Å²) >= 11 is 0. The molecule has 7 heteroatoms. The second-order valence-electron chi connectivity index (χ2n) is 5.57. The first kappa shape index (κ1) is 15.3. The van der Waals surface area contributed by atoms with Crippen LogP contribution in [-0.2, 0) is 4.79 Å². The van der Waals surface area contributed by atoms with Crippen molar-refractivity contribution in [2.75, 3.05) is 38.0 Å². The normalized spacial score (nSPS) is 25.9. The Bertz CT molecular complexity index is 465. The molecule has 20 heavy (non-hydrogen) atoms. The molecule has 112 valence electrons.